The van der Waals surface area contributed by atoms with Gasteiger partial charge in [0.2, 0.25) is 0 Å². The number of aliphatic hydroxyl groups excluding tert-OH is 1. The van der Waals surface area contributed by atoms with Crippen molar-refractivity contribution in [3.63, 3.8) is 0 Å². The number of para-hydroxylation sites is 1. The van der Waals surface area contributed by atoms with Gasteiger partial charge in [-0.2, -0.15) is 0 Å². The maximum atomic E-state index is 12.2. The van der Waals surface area contributed by atoms with Crippen LogP contribution in [0.15, 0.2) is 29.1 Å². The molecule has 0 amide bonds. The Hall–Kier alpha value is -2.14. The highest BCUT2D eigenvalue weighted by molar-refractivity contribution is 5.84. The van der Waals surface area contributed by atoms with Gasteiger partial charge in [-0.25, -0.2) is 0 Å². The third kappa shape index (κ3) is 2.97. The number of carboxylic acids is 1. The SMILES string of the molecule is CC(C)c1cccc2c(=O)cc(CC(=O)O)n(CCO)c12. The fourth-order valence-corrected chi connectivity index (χ4v) is 2.63. The highest BCUT2D eigenvalue weighted by atomic mass is 16.4. The highest BCUT2D eigenvalue weighted by Crippen LogP contribution is 2.25. The molecule has 5 nitrogen and oxygen atoms in total. The number of aliphatic hydroxyl groups is 1. The monoisotopic (exact) mass is 289 g/mol. The Kier molecular flexibility index (Phi) is 4.43. The Morgan fingerprint density at radius 2 is 2.05 bits per heavy atom. The third-order valence-corrected chi connectivity index (χ3v) is 3.52. The molecule has 112 valence electrons. The van der Waals surface area contributed by atoms with E-state index >= 15 is 0 Å². The Bertz CT molecular complexity index is 731. The summed E-state index contributed by atoms with van der Waals surface area (Å²) in [6, 6.07) is 6.86. The number of hydrogen-bond donors (Lipinski definition) is 2. The van der Waals surface area contributed by atoms with E-state index in [1.807, 2.05) is 26.0 Å². The number of hydrogen-bond acceptors (Lipinski definition) is 3. The Balaban J connectivity index is 2.87. The van der Waals surface area contributed by atoms with Gasteiger partial charge < -0.3 is 14.8 Å². The molecule has 0 saturated carbocycles. The number of aliphatic carboxylic acids is 1. The molecule has 0 bridgehead atoms. The Morgan fingerprint density at radius 1 is 1.33 bits per heavy atom. The van der Waals surface area contributed by atoms with E-state index in [1.54, 1.807) is 10.6 Å². The van der Waals surface area contributed by atoms with Crippen LogP contribution in [-0.4, -0.2) is 27.4 Å². The lowest BCUT2D eigenvalue weighted by Crippen LogP contribution is -2.19. The Labute approximate surface area is 122 Å². The molecule has 2 N–H and O–H groups in total. The summed E-state index contributed by atoms with van der Waals surface area (Å²) in [5, 5.41) is 18.9. The Morgan fingerprint density at radius 3 is 2.62 bits per heavy atom. The van der Waals surface area contributed by atoms with Gasteiger partial charge in [-0.15, -0.1) is 0 Å². The van der Waals surface area contributed by atoms with Crippen LogP contribution in [-0.2, 0) is 17.8 Å². The molecule has 1 aromatic carbocycles. The minimum Gasteiger partial charge on any atom is -0.481 e. The molecule has 0 aliphatic heterocycles. The number of aromatic nitrogens is 1. The van der Waals surface area contributed by atoms with Gasteiger partial charge in [-0.05, 0) is 17.5 Å². The van der Waals surface area contributed by atoms with Crippen LogP contribution < -0.4 is 5.43 Å². The van der Waals surface area contributed by atoms with E-state index in [-0.39, 0.29) is 30.9 Å². The van der Waals surface area contributed by atoms with Crippen LogP contribution >= 0.6 is 0 Å². The van der Waals surface area contributed by atoms with E-state index in [2.05, 4.69) is 0 Å². The number of rotatable bonds is 5. The topological polar surface area (TPSA) is 79.5 Å². The van der Waals surface area contributed by atoms with E-state index in [9.17, 15) is 14.7 Å². The van der Waals surface area contributed by atoms with Gasteiger partial charge in [-0.3, -0.25) is 9.59 Å². The summed E-state index contributed by atoms with van der Waals surface area (Å²) in [6.07, 6.45) is -0.238. The summed E-state index contributed by atoms with van der Waals surface area (Å²) in [7, 11) is 0. The van der Waals surface area contributed by atoms with Crippen LogP contribution in [0.25, 0.3) is 10.9 Å². The number of fused-ring (bicyclic) bond motifs is 1. The van der Waals surface area contributed by atoms with Crippen molar-refractivity contribution < 1.29 is 15.0 Å². The van der Waals surface area contributed by atoms with Crippen LogP contribution in [0.2, 0.25) is 0 Å². The summed E-state index contributed by atoms with van der Waals surface area (Å²) in [4.78, 5) is 23.3. The summed E-state index contributed by atoms with van der Waals surface area (Å²) in [6.45, 7) is 4.19. The molecule has 0 atom stereocenters. The maximum Gasteiger partial charge on any atom is 0.309 e. The molecular weight excluding hydrogens is 270 g/mol. The van der Waals surface area contributed by atoms with Crippen molar-refractivity contribution in [2.75, 3.05) is 6.61 Å². The fourth-order valence-electron chi connectivity index (χ4n) is 2.63. The van der Waals surface area contributed by atoms with Gasteiger partial charge in [0.25, 0.3) is 0 Å². The molecule has 5 heteroatoms. The largest absolute Gasteiger partial charge is 0.481 e. The number of carboxylic acid groups (broad SMARTS) is 1. The minimum absolute atomic E-state index is 0.114. The second kappa shape index (κ2) is 6.10. The van der Waals surface area contributed by atoms with E-state index in [4.69, 9.17) is 5.11 Å². The first-order valence-corrected chi connectivity index (χ1v) is 6.93. The fraction of sp³-hybridized carbons (Fsp3) is 0.375. The first kappa shape index (κ1) is 15.3. The van der Waals surface area contributed by atoms with Crippen LogP contribution in [0.3, 0.4) is 0 Å². The molecule has 21 heavy (non-hydrogen) atoms. The van der Waals surface area contributed by atoms with Gasteiger partial charge in [0.15, 0.2) is 5.43 Å². The zero-order chi connectivity index (χ0) is 15.6. The maximum absolute atomic E-state index is 12.2. The standard InChI is InChI=1S/C16H19NO4/c1-10(2)12-4-3-5-13-14(19)8-11(9-15(20)21)17(6-7-18)16(12)13/h3-5,8,10,18H,6-7,9H2,1-2H3,(H,20,21). The number of nitrogens with zero attached hydrogens (tertiary/aromatic N) is 1. The van der Waals surface area contributed by atoms with Crippen LogP contribution in [0.5, 0.6) is 0 Å². The normalized spacial score (nSPS) is 11.2. The van der Waals surface area contributed by atoms with E-state index < -0.39 is 5.97 Å². The van der Waals surface area contributed by atoms with Crippen LogP contribution in [0.1, 0.15) is 31.0 Å². The molecule has 1 aromatic heterocycles. The van der Waals surface area contributed by atoms with Crippen molar-refractivity contribution in [3.05, 3.63) is 45.7 Å². The summed E-state index contributed by atoms with van der Waals surface area (Å²) < 4.78 is 1.75. The second-order valence-electron chi connectivity index (χ2n) is 5.34. The van der Waals surface area contributed by atoms with Gasteiger partial charge in [-0.1, -0.05) is 26.0 Å². The lowest BCUT2D eigenvalue weighted by atomic mass is 9.98. The predicted molar refractivity (Wildman–Crippen MR) is 80.7 cm³/mol. The molecule has 2 aromatic rings. The molecule has 0 aliphatic rings. The summed E-state index contributed by atoms with van der Waals surface area (Å²) in [5.74, 6) is -0.805. The lowest BCUT2D eigenvalue weighted by Gasteiger charge is -2.19. The van der Waals surface area contributed by atoms with Crippen molar-refractivity contribution in [3.8, 4) is 0 Å². The average molecular weight is 289 g/mol. The number of carbonyl (C=O) groups is 1. The summed E-state index contributed by atoms with van der Waals surface area (Å²) >= 11 is 0. The van der Waals surface area contributed by atoms with Crippen molar-refractivity contribution >= 4 is 16.9 Å². The minimum atomic E-state index is -0.998. The first-order valence-electron chi connectivity index (χ1n) is 6.93. The van der Waals surface area contributed by atoms with Crippen LogP contribution in [0.4, 0.5) is 0 Å². The first-order chi connectivity index (χ1) is 9.95. The summed E-state index contributed by atoms with van der Waals surface area (Å²) in [5.41, 5.74) is 1.94. The van der Waals surface area contributed by atoms with E-state index in [1.165, 1.54) is 6.07 Å². The molecule has 0 radical (unpaired) electrons. The zero-order valence-electron chi connectivity index (χ0n) is 12.2. The molecule has 0 spiro atoms. The van der Waals surface area contributed by atoms with Gasteiger partial charge in [0.1, 0.15) is 0 Å². The second-order valence-corrected chi connectivity index (χ2v) is 5.34. The third-order valence-electron chi connectivity index (χ3n) is 3.52. The quantitative estimate of drug-likeness (QED) is 0.878. The molecule has 0 unspecified atom stereocenters. The van der Waals surface area contributed by atoms with Crippen molar-refractivity contribution in [2.45, 2.75) is 32.7 Å². The number of benzene rings is 1. The van der Waals surface area contributed by atoms with Gasteiger partial charge in [0, 0.05) is 23.7 Å². The zero-order valence-corrected chi connectivity index (χ0v) is 12.2. The predicted octanol–water partition coefficient (Wildman–Crippen LogP) is 1.74. The molecule has 0 aliphatic carbocycles. The smallest absolute Gasteiger partial charge is 0.309 e. The van der Waals surface area contributed by atoms with Crippen molar-refractivity contribution in [2.24, 2.45) is 0 Å². The highest BCUT2D eigenvalue weighted by Gasteiger charge is 2.15. The van der Waals surface area contributed by atoms with Crippen molar-refractivity contribution in [1.29, 1.82) is 0 Å². The average Bonchev–Trinajstić information content (AvgIpc) is 2.41. The van der Waals surface area contributed by atoms with Crippen LogP contribution in [0, 0.1) is 0 Å². The molecule has 0 fully saturated rings. The van der Waals surface area contributed by atoms with Gasteiger partial charge >= 0.3 is 5.97 Å². The number of pyridine rings is 1. The van der Waals surface area contributed by atoms with E-state index in [0.29, 0.717) is 11.1 Å². The van der Waals surface area contributed by atoms with Crippen molar-refractivity contribution in [1.82, 2.24) is 4.57 Å². The molecule has 1 heterocycles. The molecule has 2 rings (SSSR count). The van der Waals surface area contributed by atoms with Gasteiger partial charge in [0.05, 0.1) is 18.5 Å². The lowest BCUT2D eigenvalue weighted by molar-refractivity contribution is -0.136. The molecule has 0 saturated heterocycles. The van der Waals surface area contributed by atoms with E-state index in [0.717, 1.165) is 11.1 Å². The molecular formula is C16H19NO4.